The summed E-state index contributed by atoms with van der Waals surface area (Å²) in [6.45, 7) is 4.81. The molecule has 1 fully saturated rings. The Hall–Kier alpha value is -2.48. The van der Waals surface area contributed by atoms with Gasteiger partial charge in [0.15, 0.2) is 0 Å². The van der Waals surface area contributed by atoms with Gasteiger partial charge in [-0.2, -0.15) is 0 Å². The molecule has 3 heterocycles. The van der Waals surface area contributed by atoms with Crippen LogP contribution in [0.2, 0.25) is 0 Å². The highest BCUT2D eigenvalue weighted by Gasteiger charge is 2.35. The maximum atomic E-state index is 12.5. The van der Waals surface area contributed by atoms with Crippen molar-refractivity contribution in [3.63, 3.8) is 0 Å². The van der Waals surface area contributed by atoms with Crippen LogP contribution < -0.4 is 10.2 Å². The monoisotopic (exact) mass is 344 g/mol. The lowest BCUT2D eigenvalue weighted by atomic mass is 9.97. The maximum Gasteiger partial charge on any atom is 0.225 e. The van der Waals surface area contributed by atoms with Crippen LogP contribution in [0.25, 0.3) is 0 Å². The molecule has 2 N–H and O–H groups in total. The summed E-state index contributed by atoms with van der Waals surface area (Å²) >= 11 is 0. The van der Waals surface area contributed by atoms with E-state index in [1.165, 1.54) is 0 Å². The molecule has 1 saturated heterocycles. The number of rotatable bonds is 7. The zero-order chi connectivity index (χ0) is 17.6. The fourth-order valence-corrected chi connectivity index (χ4v) is 3.14. The third kappa shape index (κ3) is 4.33. The second kappa shape index (κ2) is 8.06. The Morgan fingerprint density at radius 3 is 3.00 bits per heavy atom. The van der Waals surface area contributed by atoms with Crippen LogP contribution in [0.15, 0.2) is 30.6 Å². The smallest absolute Gasteiger partial charge is 0.225 e. The van der Waals surface area contributed by atoms with E-state index in [0.717, 1.165) is 18.8 Å². The Bertz CT molecular complexity index is 689. The lowest BCUT2D eigenvalue weighted by Gasteiger charge is -2.17. The number of hydrogen-bond acceptors (Lipinski definition) is 6. The minimum absolute atomic E-state index is 0.0191. The zero-order valence-electron chi connectivity index (χ0n) is 14.4. The standard InChI is InChI=1S/C17H24N6O2/c1-13-9-22(16-5-2-3-6-18-16)11-15(13)17(25)19-7-4-8-23-10-14(12-24)20-21-23/h2-3,5-6,10,13,15,24H,4,7-9,11-12H2,1H3,(H,19,25)/t13-,15-/m1/s1. The number of aliphatic hydroxyl groups excluding tert-OH is 1. The predicted molar refractivity (Wildman–Crippen MR) is 92.7 cm³/mol. The van der Waals surface area contributed by atoms with Gasteiger partial charge in [0.25, 0.3) is 0 Å². The minimum Gasteiger partial charge on any atom is -0.390 e. The number of amides is 1. The Morgan fingerprint density at radius 2 is 2.28 bits per heavy atom. The number of carbonyl (C=O) groups excluding carboxylic acids is 1. The van der Waals surface area contributed by atoms with E-state index in [1.807, 2.05) is 18.2 Å². The summed E-state index contributed by atoms with van der Waals surface area (Å²) in [5, 5.41) is 19.7. The molecule has 8 heteroatoms. The summed E-state index contributed by atoms with van der Waals surface area (Å²) in [7, 11) is 0. The number of carbonyl (C=O) groups is 1. The first-order chi connectivity index (χ1) is 12.2. The van der Waals surface area contributed by atoms with Gasteiger partial charge in [-0.15, -0.1) is 5.10 Å². The molecule has 2 aromatic rings. The van der Waals surface area contributed by atoms with Crippen LogP contribution in [0.3, 0.4) is 0 Å². The highest BCUT2D eigenvalue weighted by Crippen LogP contribution is 2.26. The van der Waals surface area contributed by atoms with Crippen LogP contribution in [0, 0.1) is 11.8 Å². The van der Waals surface area contributed by atoms with Crippen molar-refractivity contribution in [2.75, 3.05) is 24.5 Å². The van der Waals surface area contributed by atoms with Gasteiger partial charge in [-0.3, -0.25) is 9.48 Å². The zero-order valence-corrected chi connectivity index (χ0v) is 14.4. The van der Waals surface area contributed by atoms with Crippen molar-refractivity contribution >= 4 is 11.7 Å². The molecule has 25 heavy (non-hydrogen) atoms. The van der Waals surface area contributed by atoms with Gasteiger partial charge in [0.1, 0.15) is 11.5 Å². The molecule has 2 atom stereocenters. The number of aromatic nitrogens is 4. The highest BCUT2D eigenvalue weighted by atomic mass is 16.3. The first kappa shape index (κ1) is 17.3. The average molecular weight is 344 g/mol. The van der Waals surface area contributed by atoms with E-state index in [2.05, 4.69) is 32.4 Å². The summed E-state index contributed by atoms with van der Waals surface area (Å²) in [4.78, 5) is 19.0. The van der Waals surface area contributed by atoms with Gasteiger partial charge in [0.05, 0.1) is 18.7 Å². The molecule has 1 aliphatic rings. The van der Waals surface area contributed by atoms with E-state index in [9.17, 15) is 4.79 Å². The molecule has 0 aromatic carbocycles. The molecule has 0 aliphatic carbocycles. The molecule has 1 amide bonds. The number of hydrogen-bond donors (Lipinski definition) is 2. The molecule has 8 nitrogen and oxygen atoms in total. The van der Waals surface area contributed by atoms with Gasteiger partial charge in [-0.25, -0.2) is 4.98 Å². The molecule has 1 aliphatic heterocycles. The molecule has 2 aromatic heterocycles. The van der Waals surface area contributed by atoms with Crippen molar-refractivity contribution in [3.05, 3.63) is 36.3 Å². The number of anilines is 1. The van der Waals surface area contributed by atoms with Crippen LogP contribution >= 0.6 is 0 Å². The van der Waals surface area contributed by atoms with Crippen molar-refractivity contribution in [1.82, 2.24) is 25.3 Å². The van der Waals surface area contributed by atoms with Crippen LogP contribution in [-0.4, -0.2) is 50.6 Å². The highest BCUT2D eigenvalue weighted by molar-refractivity contribution is 5.80. The number of pyridine rings is 1. The second-order valence-corrected chi connectivity index (χ2v) is 6.45. The van der Waals surface area contributed by atoms with Crippen molar-refractivity contribution in [1.29, 1.82) is 0 Å². The van der Waals surface area contributed by atoms with Gasteiger partial charge in [-0.05, 0) is 24.5 Å². The maximum absolute atomic E-state index is 12.5. The molecule has 0 unspecified atom stereocenters. The van der Waals surface area contributed by atoms with E-state index < -0.39 is 0 Å². The van der Waals surface area contributed by atoms with Crippen LogP contribution in [0.4, 0.5) is 5.82 Å². The third-order valence-corrected chi connectivity index (χ3v) is 4.53. The molecule has 0 saturated carbocycles. The van der Waals surface area contributed by atoms with Crippen LogP contribution in [0.5, 0.6) is 0 Å². The SMILES string of the molecule is C[C@@H]1CN(c2ccccn2)C[C@H]1C(=O)NCCCn1cc(CO)nn1. The van der Waals surface area contributed by atoms with E-state index >= 15 is 0 Å². The van der Waals surface area contributed by atoms with E-state index in [4.69, 9.17) is 5.11 Å². The van der Waals surface area contributed by atoms with Crippen LogP contribution in [-0.2, 0) is 17.9 Å². The Kier molecular flexibility index (Phi) is 5.60. The largest absolute Gasteiger partial charge is 0.390 e. The lowest BCUT2D eigenvalue weighted by Crippen LogP contribution is -2.35. The molecular formula is C17H24N6O2. The normalized spacial score (nSPS) is 20.0. The van der Waals surface area contributed by atoms with E-state index in [1.54, 1.807) is 17.1 Å². The number of nitrogens with zero attached hydrogens (tertiary/aromatic N) is 5. The fourth-order valence-electron chi connectivity index (χ4n) is 3.14. The molecule has 3 rings (SSSR count). The number of nitrogens with one attached hydrogen (secondary N) is 1. The Balaban J connectivity index is 1.43. The number of aliphatic hydroxyl groups is 1. The van der Waals surface area contributed by atoms with Crippen molar-refractivity contribution in [3.8, 4) is 0 Å². The van der Waals surface area contributed by atoms with Crippen molar-refractivity contribution < 1.29 is 9.90 Å². The quantitative estimate of drug-likeness (QED) is 0.708. The summed E-state index contributed by atoms with van der Waals surface area (Å²) in [5.74, 6) is 1.30. The Labute approximate surface area is 146 Å². The summed E-state index contributed by atoms with van der Waals surface area (Å²) in [6, 6.07) is 5.84. The average Bonchev–Trinajstić information content (AvgIpc) is 3.26. The van der Waals surface area contributed by atoms with Gasteiger partial charge in [-0.1, -0.05) is 18.2 Å². The summed E-state index contributed by atoms with van der Waals surface area (Å²) in [5.41, 5.74) is 0.554. The topological polar surface area (TPSA) is 96.2 Å². The molecule has 134 valence electrons. The summed E-state index contributed by atoms with van der Waals surface area (Å²) in [6.07, 6.45) is 4.26. The third-order valence-electron chi connectivity index (χ3n) is 4.53. The van der Waals surface area contributed by atoms with Crippen molar-refractivity contribution in [2.24, 2.45) is 11.8 Å². The summed E-state index contributed by atoms with van der Waals surface area (Å²) < 4.78 is 1.68. The minimum atomic E-state index is -0.108. The van der Waals surface area contributed by atoms with E-state index in [0.29, 0.717) is 31.2 Å². The first-order valence-electron chi connectivity index (χ1n) is 8.61. The lowest BCUT2D eigenvalue weighted by molar-refractivity contribution is -0.125. The van der Waals surface area contributed by atoms with Gasteiger partial charge < -0.3 is 15.3 Å². The van der Waals surface area contributed by atoms with Gasteiger partial charge in [0.2, 0.25) is 5.91 Å². The van der Waals surface area contributed by atoms with Crippen LogP contribution in [0.1, 0.15) is 19.0 Å². The molecule has 0 spiro atoms. The molecular weight excluding hydrogens is 320 g/mol. The molecule has 0 bridgehead atoms. The van der Waals surface area contributed by atoms with Gasteiger partial charge >= 0.3 is 0 Å². The first-order valence-corrected chi connectivity index (χ1v) is 8.61. The fraction of sp³-hybridized carbons (Fsp3) is 0.529. The second-order valence-electron chi connectivity index (χ2n) is 6.45. The predicted octanol–water partition coefficient (Wildman–Crippen LogP) is 0.444. The molecule has 0 radical (unpaired) electrons. The van der Waals surface area contributed by atoms with Crippen molar-refractivity contribution in [2.45, 2.75) is 26.5 Å². The van der Waals surface area contributed by atoms with E-state index in [-0.39, 0.29) is 18.4 Å². The Morgan fingerprint density at radius 1 is 1.40 bits per heavy atom. The van der Waals surface area contributed by atoms with Gasteiger partial charge in [0, 0.05) is 32.4 Å². The number of aryl methyl sites for hydroxylation is 1.